The maximum Gasteiger partial charge on any atom is 0.271 e. The predicted molar refractivity (Wildman–Crippen MR) is 96.0 cm³/mol. The largest absolute Gasteiger partial charge is 0.372 e. The van der Waals surface area contributed by atoms with Crippen LogP contribution in [0.2, 0.25) is 0 Å². The van der Waals surface area contributed by atoms with Crippen molar-refractivity contribution >= 4 is 23.5 Å². The van der Waals surface area contributed by atoms with Crippen LogP contribution in [-0.2, 0) is 0 Å². The van der Waals surface area contributed by atoms with E-state index in [9.17, 15) is 14.9 Å². The topological polar surface area (TPSA) is 87.8 Å². The lowest BCUT2D eigenvalue weighted by Gasteiger charge is -2.17. The maximum absolute atomic E-state index is 12.0. The van der Waals surface area contributed by atoms with Crippen LogP contribution in [0.25, 0.3) is 0 Å². The van der Waals surface area contributed by atoms with E-state index < -0.39 is 10.8 Å². The van der Waals surface area contributed by atoms with Gasteiger partial charge in [0.25, 0.3) is 11.6 Å². The monoisotopic (exact) mass is 338 g/mol. The number of nitro benzene ring substituents is 1. The van der Waals surface area contributed by atoms with Gasteiger partial charge in [0.15, 0.2) is 0 Å². The molecule has 0 spiro atoms. The molecule has 1 saturated heterocycles. The highest BCUT2D eigenvalue weighted by molar-refractivity contribution is 5.95. The normalized spacial score (nSPS) is 14.0. The first-order chi connectivity index (χ1) is 12.1. The number of nitro groups is 1. The number of anilines is 1. The first-order valence-electron chi connectivity index (χ1n) is 8.06. The molecule has 7 heteroatoms. The molecule has 1 aliphatic rings. The average molecular weight is 338 g/mol. The number of nitrogens with zero attached hydrogens (tertiary/aromatic N) is 3. The Bertz CT molecular complexity index is 796. The number of hydrazone groups is 1. The summed E-state index contributed by atoms with van der Waals surface area (Å²) in [5.74, 6) is -0.492. The van der Waals surface area contributed by atoms with Gasteiger partial charge in [0.1, 0.15) is 0 Å². The van der Waals surface area contributed by atoms with Crippen LogP contribution in [0.5, 0.6) is 0 Å². The number of carbonyl (C=O) groups is 1. The highest BCUT2D eigenvalue weighted by Crippen LogP contribution is 2.20. The van der Waals surface area contributed by atoms with Crippen molar-refractivity contribution in [3.05, 3.63) is 69.8 Å². The molecule has 0 atom stereocenters. The molecule has 0 aromatic heterocycles. The van der Waals surface area contributed by atoms with E-state index in [2.05, 4.69) is 15.4 Å². The molecule has 1 heterocycles. The lowest BCUT2D eigenvalue weighted by molar-refractivity contribution is -0.384. The molecule has 3 rings (SSSR count). The van der Waals surface area contributed by atoms with Gasteiger partial charge in [-0.25, -0.2) is 5.43 Å². The molecular formula is C18H18N4O3. The molecule has 0 bridgehead atoms. The molecule has 2 aromatic carbocycles. The third-order valence-electron chi connectivity index (χ3n) is 4.06. The molecule has 7 nitrogen and oxygen atoms in total. The molecule has 1 aliphatic heterocycles. The summed E-state index contributed by atoms with van der Waals surface area (Å²) in [4.78, 5) is 24.5. The number of nitrogens with one attached hydrogen (secondary N) is 1. The molecule has 128 valence electrons. The minimum Gasteiger partial charge on any atom is -0.372 e. The Morgan fingerprint density at radius 1 is 1.16 bits per heavy atom. The Balaban J connectivity index is 1.59. The van der Waals surface area contributed by atoms with Crippen LogP contribution in [0.1, 0.15) is 28.8 Å². The van der Waals surface area contributed by atoms with Crippen LogP contribution in [0.4, 0.5) is 11.4 Å². The Hall–Kier alpha value is -3.22. The van der Waals surface area contributed by atoms with Gasteiger partial charge in [0.2, 0.25) is 0 Å². The fourth-order valence-electron chi connectivity index (χ4n) is 2.74. The first kappa shape index (κ1) is 16.6. The third-order valence-corrected chi connectivity index (χ3v) is 4.06. The predicted octanol–water partition coefficient (Wildman–Crippen LogP) is 2.96. The Morgan fingerprint density at radius 2 is 1.88 bits per heavy atom. The van der Waals surface area contributed by atoms with Crippen LogP contribution >= 0.6 is 0 Å². The van der Waals surface area contributed by atoms with Crippen molar-refractivity contribution in [2.45, 2.75) is 12.8 Å². The molecule has 0 radical (unpaired) electrons. The summed E-state index contributed by atoms with van der Waals surface area (Å²) in [6.45, 7) is 2.18. The number of non-ortho nitro benzene ring substituents is 1. The van der Waals surface area contributed by atoms with Gasteiger partial charge in [-0.05, 0) is 36.6 Å². The Kier molecular flexibility index (Phi) is 5.03. The molecule has 1 fully saturated rings. The first-order valence-corrected chi connectivity index (χ1v) is 8.06. The van der Waals surface area contributed by atoms with Gasteiger partial charge in [0, 0.05) is 36.5 Å². The number of carbonyl (C=O) groups excluding carboxylic acids is 1. The standard InChI is InChI=1S/C18H18N4O3/c23-18(15-4-3-5-17(12-15)22(24)25)20-19-13-14-6-8-16(9-7-14)21-10-1-2-11-21/h3-9,12-13H,1-2,10-11H2,(H,20,23)/b19-13+. The van der Waals surface area contributed by atoms with E-state index >= 15 is 0 Å². The van der Waals surface area contributed by atoms with E-state index in [0.29, 0.717) is 0 Å². The Morgan fingerprint density at radius 3 is 2.56 bits per heavy atom. The van der Waals surface area contributed by atoms with Crippen molar-refractivity contribution in [3.63, 3.8) is 0 Å². The summed E-state index contributed by atoms with van der Waals surface area (Å²) in [5.41, 5.74) is 4.49. The Labute approximate surface area is 145 Å². The van der Waals surface area contributed by atoms with Gasteiger partial charge in [-0.15, -0.1) is 0 Å². The zero-order chi connectivity index (χ0) is 17.6. The molecule has 0 unspecified atom stereocenters. The van der Waals surface area contributed by atoms with E-state index in [-0.39, 0.29) is 11.3 Å². The van der Waals surface area contributed by atoms with Gasteiger partial charge >= 0.3 is 0 Å². The van der Waals surface area contributed by atoms with Crippen molar-refractivity contribution in [1.82, 2.24) is 5.43 Å². The number of rotatable bonds is 5. The maximum atomic E-state index is 12.0. The smallest absolute Gasteiger partial charge is 0.271 e. The number of hydrogen-bond donors (Lipinski definition) is 1. The minimum absolute atomic E-state index is 0.130. The van der Waals surface area contributed by atoms with E-state index in [1.54, 1.807) is 6.21 Å². The highest BCUT2D eigenvalue weighted by atomic mass is 16.6. The van der Waals surface area contributed by atoms with Crippen molar-refractivity contribution < 1.29 is 9.72 Å². The van der Waals surface area contributed by atoms with Gasteiger partial charge < -0.3 is 4.90 Å². The molecule has 0 aliphatic carbocycles. The second-order valence-electron chi connectivity index (χ2n) is 5.79. The van der Waals surface area contributed by atoms with Crippen molar-refractivity contribution in [2.24, 2.45) is 5.10 Å². The minimum atomic E-state index is -0.540. The molecule has 1 amide bonds. The highest BCUT2D eigenvalue weighted by Gasteiger charge is 2.12. The summed E-state index contributed by atoms with van der Waals surface area (Å²) < 4.78 is 0. The molecule has 1 N–H and O–H groups in total. The molecule has 2 aromatic rings. The van der Waals surface area contributed by atoms with Crippen molar-refractivity contribution in [2.75, 3.05) is 18.0 Å². The molecule has 25 heavy (non-hydrogen) atoms. The third kappa shape index (κ3) is 4.20. The number of amides is 1. The van der Waals surface area contributed by atoms with E-state index in [1.165, 1.54) is 42.8 Å². The van der Waals surface area contributed by atoms with Gasteiger partial charge in [-0.1, -0.05) is 18.2 Å². The van der Waals surface area contributed by atoms with Gasteiger partial charge in [-0.2, -0.15) is 5.10 Å². The zero-order valence-electron chi connectivity index (χ0n) is 13.6. The van der Waals surface area contributed by atoms with Crippen LogP contribution in [0.15, 0.2) is 53.6 Å². The fraction of sp³-hybridized carbons (Fsp3) is 0.222. The zero-order valence-corrected chi connectivity index (χ0v) is 13.6. The van der Waals surface area contributed by atoms with Crippen LogP contribution in [-0.4, -0.2) is 30.1 Å². The summed E-state index contributed by atoms with van der Waals surface area (Å²) in [6, 6.07) is 13.5. The van der Waals surface area contributed by atoms with Gasteiger partial charge in [-0.3, -0.25) is 14.9 Å². The van der Waals surface area contributed by atoms with E-state index in [0.717, 1.165) is 18.7 Å². The molecule has 0 saturated carbocycles. The fourth-order valence-corrected chi connectivity index (χ4v) is 2.74. The summed E-state index contributed by atoms with van der Waals surface area (Å²) >= 11 is 0. The SMILES string of the molecule is O=C(N/N=C/c1ccc(N2CCCC2)cc1)c1cccc([N+](=O)[O-])c1. The van der Waals surface area contributed by atoms with Crippen LogP contribution in [0.3, 0.4) is 0 Å². The number of benzene rings is 2. The quantitative estimate of drug-likeness (QED) is 0.516. The molecular weight excluding hydrogens is 320 g/mol. The van der Waals surface area contributed by atoms with Crippen molar-refractivity contribution in [3.8, 4) is 0 Å². The second-order valence-corrected chi connectivity index (χ2v) is 5.79. The lowest BCUT2D eigenvalue weighted by atomic mass is 10.2. The van der Waals surface area contributed by atoms with E-state index in [4.69, 9.17) is 0 Å². The lowest BCUT2D eigenvalue weighted by Crippen LogP contribution is -2.18. The summed E-state index contributed by atoms with van der Waals surface area (Å²) in [7, 11) is 0. The summed E-state index contributed by atoms with van der Waals surface area (Å²) in [6.07, 6.45) is 4.00. The summed E-state index contributed by atoms with van der Waals surface area (Å²) in [5, 5.41) is 14.6. The van der Waals surface area contributed by atoms with Crippen molar-refractivity contribution in [1.29, 1.82) is 0 Å². The number of hydrogen-bond acceptors (Lipinski definition) is 5. The van der Waals surface area contributed by atoms with Crippen LogP contribution in [0, 0.1) is 10.1 Å². The van der Waals surface area contributed by atoms with Gasteiger partial charge in [0.05, 0.1) is 11.1 Å². The van der Waals surface area contributed by atoms with E-state index in [1.807, 2.05) is 24.3 Å². The van der Waals surface area contributed by atoms with Crippen LogP contribution < -0.4 is 10.3 Å². The second kappa shape index (κ2) is 7.57. The average Bonchev–Trinajstić information content (AvgIpc) is 3.17.